The van der Waals surface area contributed by atoms with Crippen LogP contribution in [0, 0.1) is 0 Å². The number of para-hydroxylation sites is 3. The molecule has 0 atom stereocenters. The zero-order valence-electron chi connectivity index (χ0n) is 23.0. The average Bonchev–Trinajstić information content (AvgIpc) is 3.72. The van der Waals surface area contributed by atoms with Gasteiger partial charge in [-0.3, -0.25) is 4.57 Å². The summed E-state index contributed by atoms with van der Waals surface area (Å²) in [7, 11) is 0. The van der Waals surface area contributed by atoms with Crippen LogP contribution in [0.1, 0.15) is 0 Å². The molecule has 0 N–H and O–H groups in total. The molecule has 0 aliphatic rings. The third-order valence-corrected chi connectivity index (χ3v) is 8.90. The lowest BCUT2D eigenvalue weighted by Gasteiger charge is -2.13. The maximum Gasteiger partial charge on any atom is 0.232 e. The minimum atomic E-state index is 0.805. The van der Waals surface area contributed by atoms with Gasteiger partial charge in [-0.05, 0) is 85.9 Å². The highest BCUT2D eigenvalue weighted by molar-refractivity contribution is 6.25. The van der Waals surface area contributed by atoms with Crippen LogP contribution in [-0.2, 0) is 0 Å². The van der Waals surface area contributed by atoms with Crippen molar-refractivity contribution in [2.45, 2.75) is 0 Å². The molecule has 3 heterocycles. The van der Waals surface area contributed by atoms with E-state index in [1.54, 1.807) is 0 Å². The molecule has 0 radical (unpaired) electrons. The minimum Gasteiger partial charge on any atom is -0.437 e. The van der Waals surface area contributed by atoms with Crippen molar-refractivity contribution in [3.8, 4) is 16.8 Å². The van der Waals surface area contributed by atoms with Crippen molar-refractivity contribution in [3.63, 3.8) is 0 Å². The van der Waals surface area contributed by atoms with E-state index in [2.05, 4.69) is 130 Å². The summed E-state index contributed by atoms with van der Waals surface area (Å²) < 4.78 is 10.9. The van der Waals surface area contributed by atoms with Gasteiger partial charge in [-0.25, -0.2) is 9.38 Å². The summed E-state index contributed by atoms with van der Waals surface area (Å²) in [6.07, 6.45) is 0. The Morgan fingerprint density at radius 1 is 0.488 bits per heavy atom. The van der Waals surface area contributed by atoms with E-state index < -0.39 is 0 Å². The predicted octanol–water partition coefficient (Wildman–Crippen LogP) is 10.3. The molecule has 10 aromatic rings. The molecule has 0 spiro atoms. The summed E-state index contributed by atoms with van der Waals surface area (Å²) in [5.74, 6) is 0.842. The molecule has 0 fully saturated rings. The van der Waals surface area contributed by atoms with Crippen molar-refractivity contribution in [2.24, 2.45) is 0 Å². The molecule has 0 unspecified atom stereocenters. The number of nitrogens with zero attached hydrogens (tertiary/aromatic N) is 3. The number of furan rings is 1. The Hall–Kier alpha value is -5.87. The van der Waals surface area contributed by atoms with Gasteiger partial charge in [0.15, 0.2) is 0 Å². The largest absolute Gasteiger partial charge is 0.437 e. The van der Waals surface area contributed by atoms with Crippen molar-refractivity contribution in [3.05, 3.63) is 140 Å². The number of hydrogen-bond acceptors (Lipinski definition) is 2. The first kappa shape index (κ1) is 22.8. The highest BCUT2D eigenvalue weighted by Gasteiger charge is 2.23. The first-order valence-electron chi connectivity index (χ1n) is 14.6. The quantitative estimate of drug-likeness (QED) is 0.201. The Balaban J connectivity index is 1.25. The Kier molecular flexibility index (Phi) is 4.42. The second kappa shape index (κ2) is 8.34. The van der Waals surface area contributed by atoms with Crippen molar-refractivity contribution in [2.75, 3.05) is 0 Å². The van der Waals surface area contributed by atoms with Crippen LogP contribution in [0.4, 0.5) is 0 Å². The van der Waals surface area contributed by atoms with Gasteiger partial charge < -0.3 is 4.42 Å². The zero-order valence-corrected chi connectivity index (χ0v) is 23.0. The van der Waals surface area contributed by atoms with Crippen molar-refractivity contribution in [1.82, 2.24) is 14.0 Å². The van der Waals surface area contributed by atoms with Crippen LogP contribution in [0.5, 0.6) is 0 Å². The lowest BCUT2D eigenvalue weighted by molar-refractivity contribution is 0.651. The van der Waals surface area contributed by atoms with Crippen molar-refractivity contribution >= 4 is 71.3 Å². The summed E-state index contributed by atoms with van der Waals surface area (Å²) >= 11 is 0. The molecule has 4 nitrogen and oxygen atoms in total. The Morgan fingerprint density at radius 3 is 1.91 bits per heavy atom. The van der Waals surface area contributed by atoms with Crippen molar-refractivity contribution in [1.29, 1.82) is 0 Å². The second-order valence-corrected chi connectivity index (χ2v) is 11.2. The molecule has 200 valence electrons. The molecule has 0 bridgehead atoms. The Labute approximate surface area is 245 Å². The van der Waals surface area contributed by atoms with Crippen LogP contribution in [0.3, 0.4) is 0 Å². The molecule has 3 aromatic heterocycles. The molecule has 10 rings (SSSR count). The van der Waals surface area contributed by atoms with Crippen LogP contribution in [0.2, 0.25) is 0 Å². The monoisotopic (exact) mass is 549 g/mol. The molecule has 7 aromatic carbocycles. The van der Waals surface area contributed by atoms with Gasteiger partial charge in [-0.1, -0.05) is 97.1 Å². The fraction of sp³-hybridized carbons (Fsp3) is 0. The fourth-order valence-corrected chi connectivity index (χ4v) is 7.01. The van der Waals surface area contributed by atoms with Crippen LogP contribution in [-0.4, -0.2) is 14.0 Å². The molecule has 0 saturated carbocycles. The topological polar surface area (TPSA) is 35.4 Å². The maximum absolute atomic E-state index is 6.48. The predicted molar refractivity (Wildman–Crippen MR) is 177 cm³/mol. The van der Waals surface area contributed by atoms with Gasteiger partial charge in [0.05, 0.1) is 11.0 Å². The summed E-state index contributed by atoms with van der Waals surface area (Å²) in [5, 5.41) is 8.75. The minimum absolute atomic E-state index is 0.805. The molecule has 0 amide bonds. The number of aromatic nitrogens is 3. The molecule has 4 heteroatoms. The number of imidazole rings is 2. The Morgan fingerprint density at radius 2 is 1.12 bits per heavy atom. The SMILES string of the molecule is c1cc(-c2ccc3c4ccccc4c4ccccc4c3c2)cc(-n2c3c4ccccc4oc3n3c4ccccc4nc23)c1. The van der Waals surface area contributed by atoms with E-state index in [0.29, 0.717) is 0 Å². The first-order valence-corrected chi connectivity index (χ1v) is 14.6. The van der Waals surface area contributed by atoms with Crippen molar-refractivity contribution < 1.29 is 4.42 Å². The molecule has 0 aliphatic heterocycles. The van der Waals surface area contributed by atoms with Crippen LogP contribution < -0.4 is 0 Å². The third-order valence-electron chi connectivity index (χ3n) is 8.90. The standard InChI is InChI=1S/C39H23N3O/c1-2-14-29-27(12-1)28-13-3-4-15-30(28)33-23-25(20-21-31(29)33)24-10-9-11-26(22-24)41-37-32-16-5-8-19-36(32)43-38(37)42-35-18-7-6-17-34(35)40-39(41)42/h1-23H. The van der Waals surface area contributed by atoms with Crippen LogP contribution >= 0.6 is 0 Å². The molecular formula is C39H23N3O. The summed E-state index contributed by atoms with van der Waals surface area (Å²) in [6.45, 7) is 0. The van der Waals surface area contributed by atoms with E-state index in [-0.39, 0.29) is 0 Å². The number of hydrogen-bond donors (Lipinski definition) is 0. The molecule has 0 saturated heterocycles. The zero-order chi connectivity index (χ0) is 28.1. The highest BCUT2D eigenvalue weighted by atomic mass is 16.3. The highest BCUT2D eigenvalue weighted by Crippen LogP contribution is 2.39. The van der Waals surface area contributed by atoms with E-state index in [1.807, 2.05) is 18.2 Å². The average molecular weight is 550 g/mol. The van der Waals surface area contributed by atoms with Gasteiger partial charge in [-0.2, -0.15) is 0 Å². The van der Waals surface area contributed by atoms with Gasteiger partial charge in [0.25, 0.3) is 0 Å². The summed E-state index contributed by atoms with van der Waals surface area (Å²) in [4.78, 5) is 5.08. The normalized spacial score (nSPS) is 12.2. The van der Waals surface area contributed by atoms with E-state index in [0.717, 1.165) is 50.3 Å². The molecule has 0 aliphatic carbocycles. The maximum atomic E-state index is 6.48. The summed E-state index contributed by atoms with van der Waals surface area (Å²) in [6, 6.07) is 49.6. The first-order chi connectivity index (χ1) is 21.3. The second-order valence-electron chi connectivity index (χ2n) is 11.2. The van der Waals surface area contributed by atoms with Gasteiger partial charge in [0, 0.05) is 11.1 Å². The van der Waals surface area contributed by atoms with Gasteiger partial charge in [0.1, 0.15) is 11.1 Å². The molecule has 43 heavy (non-hydrogen) atoms. The fourth-order valence-electron chi connectivity index (χ4n) is 7.01. The number of rotatable bonds is 2. The van der Waals surface area contributed by atoms with Gasteiger partial charge >= 0.3 is 0 Å². The lowest BCUT2D eigenvalue weighted by atomic mass is 9.92. The van der Waals surface area contributed by atoms with Crippen LogP contribution in [0.15, 0.2) is 144 Å². The van der Waals surface area contributed by atoms with E-state index in [9.17, 15) is 0 Å². The summed E-state index contributed by atoms with van der Waals surface area (Å²) in [5.41, 5.74) is 8.05. The molecular weight excluding hydrogens is 526 g/mol. The van der Waals surface area contributed by atoms with E-state index in [4.69, 9.17) is 9.40 Å². The Bertz CT molecular complexity index is 2710. The third kappa shape index (κ3) is 3.07. The number of fused-ring (bicyclic) bond motifs is 13. The number of benzene rings is 7. The lowest BCUT2D eigenvalue weighted by Crippen LogP contribution is -1.96. The van der Waals surface area contributed by atoms with Gasteiger partial charge in [-0.15, -0.1) is 0 Å². The van der Waals surface area contributed by atoms with E-state index in [1.165, 1.54) is 37.9 Å². The van der Waals surface area contributed by atoms with Gasteiger partial charge in [0.2, 0.25) is 11.5 Å². The van der Waals surface area contributed by atoms with E-state index >= 15 is 0 Å². The van der Waals surface area contributed by atoms with Crippen LogP contribution in [0.25, 0.3) is 88.1 Å². The smallest absolute Gasteiger partial charge is 0.232 e.